The first-order valence-corrected chi connectivity index (χ1v) is 8.83. The highest BCUT2D eigenvalue weighted by atomic mass is 16.5. The molecule has 0 radical (unpaired) electrons. The Hall–Kier alpha value is -3.53. The number of H-pyrrole nitrogens is 1. The van der Waals surface area contributed by atoms with Gasteiger partial charge in [0.15, 0.2) is 0 Å². The molecular weight excluding hydrogens is 362 g/mol. The number of methoxy groups -OCH3 is 1. The highest BCUT2D eigenvalue weighted by molar-refractivity contribution is 5.90. The van der Waals surface area contributed by atoms with Gasteiger partial charge >= 0.3 is 11.8 Å². The third-order valence-corrected chi connectivity index (χ3v) is 4.77. The van der Waals surface area contributed by atoms with E-state index in [4.69, 9.17) is 9.15 Å². The monoisotopic (exact) mass is 379 g/mol. The molecule has 0 bridgehead atoms. The highest BCUT2D eigenvalue weighted by Gasteiger charge is 2.38. The zero-order chi connectivity index (χ0) is 19.1. The topological polar surface area (TPSA) is 114 Å². The van der Waals surface area contributed by atoms with Gasteiger partial charge in [-0.05, 0) is 18.2 Å². The molecule has 0 aromatic carbocycles. The average Bonchev–Trinajstić information content (AvgIpc) is 3.45. The standard InChI is InChI=1S/C18H17N7O3/c1-27-9-14-21-22-17(28-14)18(26)24-7-5-12-15(20-10-19-12)16(24)13-8-11-4-2-3-6-25(11)23-13/h2-4,6,8,10,16H,5,7,9H2,1H3,(H,19,20). The summed E-state index contributed by atoms with van der Waals surface area (Å²) >= 11 is 0. The van der Waals surface area contributed by atoms with Crippen molar-refractivity contribution in [2.45, 2.75) is 19.1 Å². The fourth-order valence-electron chi connectivity index (χ4n) is 3.53. The second-order valence-corrected chi connectivity index (χ2v) is 6.49. The Balaban J connectivity index is 1.56. The van der Waals surface area contributed by atoms with Crippen molar-refractivity contribution in [2.75, 3.05) is 13.7 Å². The van der Waals surface area contributed by atoms with E-state index in [1.54, 1.807) is 15.7 Å². The van der Waals surface area contributed by atoms with Crippen molar-refractivity contribution in [3.05, 3.63) is 65.7 Å². The van der Waals surface area contributed by atoms with Crippen molar-refractivity contribution in [1.82, 2.24) is 34.7 Å². The van der Waals surface area contributed by atoms with Gasteiger partial charge in [0, 0.05) is 32.0 Å². The van der Waals surface area contributed by atoms with Crippen molar-refractivity contribution in [3.8, 4) is 0 Å². The van der Waals surface area contributed by atoms with E-state index in [2.05, 4.69) is 25.3 Å². The Morgan fingerprint density at radius 2 is 2.32 bits per heavy atom. The maximum absolute atomic E-state index is 13.2. The maximum atomic E-state index is 13.2. The number of aromatic amines is 1. The van der Waals surface area contributed by atoms with Crippen LogP contribution in [-0.2, 0) is 17.8 Å². The molecule has 1 aliphatic heterocycles. The van der Waals surface area contributed by atoms with Gasteiger partial charge in [-0.2, -0.15) is 5.10 Å². The lowest BCUT2D eigenvalue weighted by Crippen LogP contribution is -2.41. The van der Waals surface area contributed by atoms with Crippen LogP contribution in [0.25, 0.3) is 5.52 Å². The van der Waals surface area contributed by atoms with Crippen LogP contribution in [0, 0.1) is 0 Å². The molecule has 1 N–H and O–H groups in total. The number of carbonyl (C=O) groups is 1. The fourth-order valence-corrected chi connectivity index (χ4v) is 3.53. The summed E-state index contributed by atoms with van der Waals surface area (Å²) in [5, 5.41) is 12.4. The Morgan fingerprint density at radius 3 is 3.18 bits per heavy atom. The first kappa shape index (κ1) is 16.6. The lowest BCUT2D eigenvalue weighted by Gasteiger charge is -2.32. The minimum Gasteiger partial charge on any atom is -0.414 e. The van der Waals surface area contributed by atoms with Crippen molar-refractivity contribution in [2.24, 2.45) is 0 Å². The lowest BCUT2D eigenvalue weighted by atomic mass is 9.99. The molecule has 10 nitrogen and oxygen atoms in total. The first-order valence-electron chi connectivity index (χ1n) is 8.83. The van der Waals surface area contributed by atoms with Gasteiger partial charge in [0.1, 0.15) is 12.6 Å². The summed E-state index contributed by atoms with van der Waals surface area (Å²) in [4.78, 5) is 22.5. The molecule has 1 unspecified atom stereocenters. The summed E-state index contributed by atoms with van der Waals surface area (Å²) < 4.78 is 12.2. The summed E-state index contributed by atoms with van der Waals surface area (Å²) in [6.07, 6.45) is 4.17. The molecule has 0 fully saturated rings. The minimum atomic E-state index is -0.444. The van der Waals surface area contributed by atoms with E-state index in [-0.39, 0.29) is 24.3 Å². The van der Waals surface area contributed by atoms with E-state index in [0.717, 1.165) is 22.6 Å². The Morgan fingerprint density at radius 1 is 1.39 bits per heavy atom. The van der Waals surface area contributed by atoms with E-state index in [1.807, 2.05) is 30.5 Å². The third kappa shape index (κ3) is 2.65. The van der Waals surface area contributed by atoms with Gasteiger partial charge in [-0.1, -0.05) is 6.07 Å². The number of imidazole rings is 1. The Bertz CT molecular complexity index is 1110. The number of carbonyl (C=O) groups excluding carboxylic acids is 1. The number of hydrogen-bond acceptors (Lipinski definition) is 7. The number of nitrogens with zero attached hydrogens (tertiary/aromatic N) is 6. The Kier molecular flexibility index (Phi) is 3.90. The molecule has 10 heteroatoms. The van der Waals surface area contributed by atoms with Gasteiger partial charge in [-0.15, -0.1) is 10.2 Å². The zero-order valence-corrected chi connectivity index (χ0v) is 15.1. The van der Waals surface area contributed by atoms with Gasteiger partial charge in [0.05, 0.1) is 23.2 Å². The quantitative estimate of drug-likeness (QED) is 0.569. The van der Waals surface area contributed by atoms with Crippen molar-refractivity contribution < 1.29 is 13.9 Å². The largest absolute Gasteiger partial charge is 0.414 e. The molecule has 5 rings (SSSR count). The van der Waals surface area contributed by atoms with Crippen LogP contribution in [-0.4, -0.2) is 54.2 Å². The van der Waals surface area contributed by atoms with E-state index < -0.39 is 6.04 Å². The molecule has 28 heavy (non-hydrogen) atoms. The van der Waals surface area contributed by atoms with Gasteiger partial charge in [0.2, 0.25) is 5.89 Å². The minimum absolute atomic E-state index is 0.0696. The molecular formula is C18H17N7O3. The van der Waals surface area contributed by atoms with Crippen LogP contribution in [0.1, 0.15) is 39.7 Å². The molecule has 0 spiro atoms. The van der Waals surface area contributed by atoms with Gasteiger partial charge in [0.25, 0.3) is 0 Å². The predicted molar refractivity (Wildman–Crippen MR) is 95.4 cm³/mol. The molecule has 1 atom stereocenters. The second-order valence-electron chi connectivity index (χ2n) is 6.49. The summed E-state index contributed by atoms with van der Waals surface area (Å²) in [7, 11) is 1.52. The molecule has 0 saturated heterocycles. The SMILES string of the molecule is COCc1nnc(C(=O)N2CCc3[nH]cnc3C2c2cc3ccccn3n2)o1. The summed E-state index contributed by atoms with van der Waals surface area (Å²) in [5.41, 5.74) is 3.44. The Labute approximate surface area is 159 Å². The summed E-state index contributed by atoms with van der Waals surface area (Å²) in [6, 6.07) is 7.33. The summed E-state index contributed by atoms with van der Waals surface area (Å²) in [5.74, 6) is -0.169. The van der Waals surface area contributed by atoms with Crippen LogP contribution in [0.15, 0.2) is 41.2 Å². The number of rotatable bonds is 4. The van der Waals surface area contributed by atoms with Gasteiger partial charge in [-0.25, -0.2) is 9.50 Å². The first-order chi connectivity index (χ1) is 13.7. The molecule has 4 aromatic rings. The average molecular weight is 379 g/mol. The molecule has 5 heterocycles. The number of hydrogen-bond donors (Lipinski definition) is 1. The van der Waals surface area contributed by atoms with Crippen molar-refractivity contribution >= 4 is 11.4 Å². The number of pyridine rings is 1. The third-order valence-electron chi connectivity index (χ3n) is 4.77. The van der Waals surface area contributed by atoms with Crippen LogP contribution in [0.5, 0.6) is 0 Å². The molecule has 0 aliphatic carbocycles. The molecule has 1 amide bonds. The van der Waals surface area contributed by atoms with E-state index in [9.17, 15) is 4.79 Å². The molecule has 142 valence electrons. The second kappa shape index (κ2) is 6.57. The number of nitrogens with one attached hydrogen (secondary N) is 1. The van der Waals surface area contributed by atoms with Crippen LogP contribution >= 0.6 is 0 Å². The van der Waals surface area contributed by atoms with Crippen molar-refractivity contribution in [3.63, 3.8) is 0 Å². The van der Waals surface area contributed by atoms with Crippen LogP contribution < -0.4 is 0 Å². The number of aromatic nitrogens is 6. The van der Waals surface area contributed by atoms with Crippen LogP contribution in [0.2, 0.25) is 0 Å². The predicted octanol–water partition coefficient (Wildman–Crippen LogP) is 1.37. The number of ether oxygens (including phenoxy) is 1. The van der Waals surface area contributed by atoms with Crippen molar-refractivity contribution in [1.29, 1.82) is 0 Å². The highest BCUT2D eigenvalue weighted by Crippen LogP contribution is 2.34. The number of fused-ring (bicyclic) bond motifs is 2. The lowest BCUT2D eigenvalue weighted by molar-refractivity contribution is 0.0639. The smallest absolute Gasteiger partial charge is 0.312 e. The van der Waals surface area contributed by atoms with Gasteiger partial charge < -0.3 is 19.0 Å². The van der Waals surface area contributed by atoms with Gasteiger partial charge in [-0.3, -0.25) is 4.79 Å². The summed E-state index contributed by atoms with van der Waals surface area (Å²) in [6.45, 7) is 0.633. The number of amides is 1. The fraction of sp³-hybridized carbons (Fsp3) is 0.278. The normalized spacial score (nSPS) is 16.5. The molecule has 1 aliphatic rings. The van der Waals surface area contributed by atoms with E-state index in [1.165, 1.54) is 7.11 Å². The molecule has 4 aromatic heterocycles. The van der Waals surface area contributed by atoms with E-state index >= 15 is 0 Å². The maximum Gasteiger partial charge on any atom is 0.312 e. The molecule has 0 saturated carbocycles. The zero-order valence-electron chi connectivity index (χ0n) is 15.1. The van der Waals surface area contributed by atoms with Crippen LogP contribution in [0.4, 0.5) is 0 Å². The van der Waals surface area contributed by atoms with E-state index in [0.29, 0.717) is 13.0 Å². The van der Waals surface area contributed by atoms with Crippen LogP contribution in [0.3, 0.4) is 0 Å².